The van der Waals surface area contributed by atoms with Crippen LogP contribution in [0.4, 0.5) is 13.2 Å². The molecule has 4 aromatic heterocycles. The van der Waals surface area contributed by atoms with Crippen molar-refractivity contribution in [3.63, 3.8) is 0 Å². The lowest BCUT2D eigenvalue weighted by Gasteiger charge is -1.97. The fourth-order valence-electron chi connectivity index (χ4n) is 2.05. The molecule has 6 nitrogen and oxygen atoms in total. The summed E-state index contributed by atoms with van der Waals surface area (Å²) in [5, 5.41) is 17.7. The summed E-state index contributed by atoms with van der Waals surface area (Å²) >= 11 is 3.41. The van der Waals surface area contributed by atoms with Gasteiger partial charge in [-0.2, -0.15) is 29.6 Å². The monoisotopic (exact) mass is 400 g/mol. The van der Waals surface area contributed by atoms with E-state index in [0.29, 0.717) is 0 Å². The Morgan fingerprint density at radius 1 is 1.31 bits per heavy atom. The van der Waals surface area contributed by atoms with E-state index >= 15 is 0 Å². The summed E-state index contributed by atoms with van der Waals surface area (Å²) in [5.41, 5.74) is 3.02. The Hall–Kier alpha value is -2.66. The molecule has 0 aliphatic carbocycles. The zero-order valence-electron chi connectivity index (χ0n) is 12.9. The van der Waals surface area contributed by atoms with Crippen LogP contribution in [-0.4, -0.2) is 37.0 Å². The molecule has 0 saturated heterocycles. The van der Waals surface area contributed by atoms with E-state index in [9.17, 15) is 13.2 Å². The zero-order valence-corrected chi connectivity index (χ0v) is 14.5. The number of imidazole rings is 1. The molecular formula is C15H11F3N4O2S2. The third-order valence-corrected chi connectivity index (χ3v) is 4.75. The molecule has 0 spiro atoms. The average molecular weight is 400 g/mol. The second-order valence-corrected chi connectivity index (χ2v) is 6.83. The maximum Gasteiger partial charge on any atom is 0.490 e. The Labute approximate surface area is 152 Å². The summed E-state index contributed by atoms with van der Waals surface area (Å²) in [6.45, 7) is 0.773. The van der Waals surface area contributed by atoms with Crippen molar-refractivity contribution in [2.24, 2.45) is 0 Å². The van der Waals surface area contributed by atoms with Gasteiger partial charge in [0.25, 0.3) is 0 Å². The number of aromatic nitrogens is 4. The predicted molar refractivity (Wildman–Crippen MR) is 92.3 cm³/mol. The molecule has 0 bridgehead atoms. The van der Waals surface area contributed by atoms with Crippen LogP contribution in [0, 0.1) is 0 Å². The number of nitrogens with zero attached hydrogens (tertiary/aromatic N) is 3. The Balaban J connectivity index is 0.000000242. The summed E-state index contributed by atoms with van der Waals surface area (Å²) in [4.78, 5) is 18.1. The second kappa shape index (κ2) is 7.30. The van der Waals surface area contributed by atoms with E-state index in [4.69, 9.17) is 9.90 Å². The van der Waals surface area contributed by atoms with Crippen LogP contribution in [0.3, 0.4) is 0 Å². The molecule has 0 aromatic carbocycles. The molecule has 136 valence electrons. The highest BCUT2D eigenvalue weighted by molar-refractivity contribution is 7.09. The van der Waals surface area contributed by atoms with Crippen molar-refractivity contribution in [2.75, 3.05) is 0 Å². The van der Waals surface area contributed by atoms with Crippen molar-refractivity contribution in [2.45, 2.75) is 12.7 Å². The van der Waals surface area contributed by atoms with Crippen LogP contribution < -0.4 is 0 Å². The van der Waals surface area contributed by atoms with Gasteiger partial charge in [-0.25, -0.2) is 14.5 Å². The first kappa shape index (κ1) is 18.1. The van der Waals surface area contributed by atoms with Crippen LogP contribution in [0.15, 0.2) is 40.5 Å². The number of thiophene rings is 2. The maximum absolute atomic E-state index is 10.6. The molecule has 26 heavy (non-hydrogen) atoms. The highest BCUT2D eigenvalue weighted by Gasteiger charge is 2.38. The van der Waals surface area contributed by atoms with Crippen molar-refractivity contribution < 1.29 is 23.1 Å². The highest BCUT2D eigenvalue weighted by Crippen LogP contribution is 2.23. The third-order valence-electron chi connectivity index (χ3n) is 3.21. The normalized spacial score (nSPS) is 11.3. The van der Waals surface area contributed by atoms with Gasteiger partial charge in [0.2, 0.25) is 0 Å². The van der Waals surface area contributed by atoms with E-state index in [0.717, 1.165) is 29.1 Å². The predicted octanol–water partition coefficient (Wildman–Crippen LogP) is 4.23. The van der Waals surface area contributed by atoms with Gasteiger partial charge in [-0.3, -0.25) is 0 Å². The van der Waals surface area contributed by atoms with Gasteiger partial charge in [-0.05, 0) is 22.9 Å². The molecule has 2 N–H and O–H groups in total. The fourth-order valence-corrected chi connectivity index (χ4v) is 3.37. The van der Waals surface area contributed by atoms with Crippen molar-refractivity contribution in [1.82, 2.24) is 19.7 Å². The standard InChI is InChI=1S/C13H10N4S2.C2HF3O2/c1-2-10(19-4-1)7-17-13-11(6-14-17)15-12(16-13)9-3-5-18-8-9;3-2(4,5)1(6)7/h1-6,8H,7H2,(H,15,16);(H,6,7). The first-order valence-electron chi connectivity index (χ1n) is 7.11. The van der Waals surface area contributed by atoms with Gasteiger partial charge >= 0.3 is 12.1 Å². The molecule has 0 amide bonds. The topological polar surface area (TPSA) is 83.8 Å². The van der Waals surface area contributed by atoms with Crippen molar-refractivity contribution >= 4 is 39.8 Å². The molecule has 4 heterocycles. The summed E-state index contributed by atoms with van der Waals surface area (Å²) in [6, 6.07) is 6.24. The van der Waals surface area contributed by atoms with Crippen molar-refractivity contribution in [3.05, 3.63) is 45.4 Å². The van der Waals surface area contributed by atoms with E-state index in [1.807, 2.05) is 10.9 Å². The number of halogens is 3. The summed E-state index contributed by atoms with van der Waals surface area (Å²) in [5.74, 6) is -1.85. The number of H-pyrrole nitrogens is 1. The number of hydrogen-bond acceptors (Lipinski definition) is 5. The lowest BCUT2D eigenvalue weighted by molar-refractivity contribution is -0.192. The molecule has 4 rings (SSSR count). The zero-order chi connectivity index (χ0) is 18.7. The van der Waals surface area contributed by atoms with Gasteiger partial charge in [0.05, 0.1) is 12.7 Å². The first-order chi connectivity index (χ1) is 12.3. The number of fused-ring (bicyclic) bond motifs is 1. The molecular weight excluding hydrogens is 389 g/mol. The smallest absolute Gasteiger partial charge is 0.475 e. The number of rotatable bonds is 3. The van der Waals surface area contributed by atoms with Gasteiger partial charge in [0.15, 0.2) is 5.65 Å². The van der Waals surface area contributed by atoms with Gasteiger partial charge in [-0.1, -0.05) is 6.07 Å². The van der Waals surface area contributed by atoms with Crippen LogP contribution in [0.2, 0.25) is 0 Å². The number of alkyl halides is 3. The fraction of sp³-hybridized carbons (Fsp3) is 0.133. The summed E-state index contributed by atoms with van der Waals surface area (Å²) in [7, 11) is 0. The van der Waals surface area contributed by atoms with E-state index in [1.54, 1.807) is 22.7 Å². The van der Waals surface area contributed by atoms with Gasteiger partial charge in [0.1, 0.15) is 11.3 Å². The molecule has 0 aliphatic rings. The Bertz CT molecular complexity index is 988. The molecule has 0 atom stereocenters. The Kier molecular flexibility index (Phi) is 5.09. The van der Waals surface area contributed by atoms with Crippen LogP contribution in [0.5, 0.6) is 0 Å². The Morgan fingerprint density at radius 2 is 2.08 bits per heavy atom. The van der Waals surface area contributed by atoms with E-state index < -0.39 is 12.1 Å². The maximum atomic E-state index is 10.6. The third kappa shape index (κ3) is 4.11. The number of aliphatic carboxylic acids is 1. The van der Waals surface area contributed by atoms with E-state index in [-0.39, 0.29) is 0 Å². The average Bonchev–Trinajstić information content (AvgIpc) is 3.34. The van der Waals surface area contributed by atoms with Gasteiger partial charge < -0.3 is 10.1 Å². The quantitative estimate of drug-likeness (QED) is 0.539. The molecule has 0 saturated carbocycles. The first-order valence-corrected chi connectivity index (χ1v) is 8.93. The number of carbonyl (C=O) groups is 1. The highest BCUT2D eigenvalue weighted by atomic mass is 32.1. The largest absolute Gasteiger partial charge is 0.490 e. The number of carboxylic acid groups (broad SMARTS) is 1. The van der Waals surface area contributed by atoms with E-state index in [1.165, 1.54) is 4.88 Å². The van der Waals surface area contributed by atoms with Gasteiger partial charge in [-0.15, -0.1) is 11.3 Å². The van der Waals surface area contributed by atoms with E-state index in [2.05, 4.69) is 49.4 Å². The number of nitrogens with one attached hydrogen (secondary N) is 1. The van der Waals surface area contributed by atoms with Gasteiger partial charge in [0, 0.05) is 15.8 Å². The Morgan fingerprint density at radius 3 is 2.65 bits per heavy atom. The molecule has 0 aliphatic heterocycles. The summed E-state index contributed by atoms with van der Waals surface area (Å²) < 4.78 is 33.7. The second-order valence-electron chi connectivity index (χ2n) is 5.02. The molecule has 0 radical (unpaired) electrons. The van der Waals surface area contributed by atoms with Crippen LogP contribution in [0.25, 0.3) is 22.6 Å². The minimum Gasteiger partial charge on any atom is -0.475 e. The minimum atomic E-state index is -5.08. The van der Waals surface area contributed by atoms with Crippen LogP contribution >= 0.6 is 22.7 Å². The molecule has 11 heteroatoms. The van der Waals surface area contributed by atoms with Crippen LogP contribution in [0.1, 0.15) is 4.88 Å². The van der Waals surface area contributed by atoms with Crippen molar-refractivity contribution in [3.8, 4) is 11.4 Å². The summed E-state index contributed by atoms with van der Waals surface area (Å²) in [6.07, 6.45) is -3.24. The molecule has 0 fully saturated rings. The number of carboxylic acids is 1. The van der Waals surface area contributed by atoms with Crippen LogP contribution in [-0.2, 0) is 11.3 Å². The lowest BCUT2D eigenvalue weighted by Crippen LogP contribution is -2.21. The number of aromatic amines is 1. The minimum absolute atomic E-state index is 0.773. The molecule has 0 unspecified atom stereocenters. The SMILES string of the molecule is O=C(O)C(F)(F)F.c1csc(Cn2ncc3[nH]c(-c4ccsc4)nc32)c1. The molecule has 4 aromatic rings. The van der Waals surface area contributed by atoms with Crippen molar-refractivity contribution in [1.29, 1.82) is 0 Å². The number of hydrogen-bond donors (Lipinski definition) is 2. The lowest BCUT2D eigenvalue weighted by atomic mass is 10.3.